The minimum Gasteiger partial charge on any atom is -0.504 e. The number of phenols is 2. The number of para-hydroxylation sites is 1. The van der Waals surface area contributed by atoms with Crippen LogP contribution in [0.4, 0.5) is 0 Å². The lowest BCUT2D eigenvalue weighted by Gasteiger charge is -2.17. The van der Waals surface area contributed by atoms with Gasteiger partial charge in [0.25, 0.3) is 0 Å². The second kappa shape index (κ2) is 6.22. The third-order valence-corrected chi connectivity index (χ3v) is 3.02. The molecule has 0 aliphatic heterocycles. The van der Waals surface area contributed by atoms with Gasteiger partial charge in [0.15, 0.2) is 11.5 Å². The molecule has 4 heteroatoms. The number of aromatic hydroxyl groups is 2. The van der Waals surface area contributed by atoms with Gasteiger partial charge in [-0.05, 0) is 11.6 Å². The molecule has 2 aromatic rings. The van der Waals surface area contributed by atoms with Crippen molar-refractivity contribution in [3.8, 4) is 11.5 Å². The Bertz CT molecular complexity index is 528. The first kappa shape index (κ1) is 13.4. The smallest absolute Gasteiger partial charge is 0.161 e. The zero-order chi connectivity index (χ0) is 13.7. The van der Waals surface area contributed by atoms with Crippen molar-refractivity contribution in [3.63, 3.8) is 0 Å². The number of aliphatic hydroxyl groups excluding tert-OH is 1. The van der Waals surface area contributed by atoms with Crippen LogP contribution in [0.25, 0.3) is 0 Å². The Labute approximate surface area is 112 Å². The highest BCUT2D eigenvalue weighted by Gasteiger charge is 2.11. The lowest BCUT2D eigenvalue weighted by Crippen LogP contribution is -2.23. The average molecular weight is 259 g/mol. The molecule has 0 radical (unpaired) electrons. The molecule has 2 rings (SSSR count). The average Bonchev–Trinajstić information content (AvgIpc) is 2.45. The van der Waals surface area contributed by atoms with Crippen LogP contribution in [0.2, 0.25) is 0 Å². The normalized spacial score (nSPS) is 12.3. The van der Waals surface area contributed by atoms with Gasteiger partial charge in [0.2, 0.25) is 0 Å². The maximum absolute atomic E-state index is 9.70. The molecule has 100 valence electrons. The van der Waals surface area contributed by atoms with Crippen molar-refractivity contribution in [3.05, 3.63) is 59.7 Å². The molecule has 19 heavy (non-hydrogen) atoms. The van der Waals surface area contributed by atoms with Crippen molar-refractivity contribution in [2.75, 3.05) is 6.61 Å². The molecule has 1 atom stereocenters. The van der Waals surface area contributed by atoms with Gasteiger partial charge in [0.05, 0.1) is 12.6 Å². The Hall–Kier alpha value is -2.04. The topological polar surface area (TPSA) is 72.7 Å². The first-order chi connectivity index (χ1) is 9.22. The van der Waals surface area contributed by atoms with Gasteiger partial charge >= 0.3 is 0 Å². The largest absolute Gasteiger partial charge is 0.504 e. The predicted octanol–water partition coefficient (Wildman–Crippen LogP) is 1.92. The van der Waals surface area contributed by atoms with E-state index in [1.165, 1.54) is 6.07 Å². The molecular formula is C15H17NO3. The van der Waals surface area contributed by atoms with E-state index in [9.17, 15) is 15.3 Å². The lowest BCUT2D eigenvalue weighted by molar-refractivity contribution is 0.243. The van der Waals surface area contributed by atoms with E-state index in [0.717, 1.165) is 5.56 Å². The highest BCUT2D eigenvalue weighted by molar-refractivity contribution is 5.44. The third-order valence-electron chi connectivity index (χ3n) is 3.02. The van der Waals surface area contributed by atoms with Crippen LogP contribution in [0, 0.1) is 0 Å². The van der Waals surface area contributed by atoms with Crippen molar-refractivity contribution < 1.29 is 15.3 Å². The fraction of sp³-hybridized carbons (Fsp3) is 0.200. The molecule has 0 fully saturated rings. The van der Waals surface area contributed by atoms with Crippen LogP contribution in [0.5, 0.6) is 11.5 Å². The SMILES string of the molecule is OCC(NCc1cccc(O)c1O)c1ccccc1. The summed E-state index contributed by atoms with van der Waals surface area (Å²) < 4.78 is 0. The van der Waals surface area contributed by atoms with E-state index in [4.69, 9.17) is 0 Å². The van der Waals surface area contributed by atoms with Gasteiger partial charge in [-0.1, -0.05) is 42.5 Å². The van der Waals surface area contributed by atoms with Gasteiger partial charge in [-0.25, -0.2) is 0 Å². The predicted molar refractivity (Wildman–Crippen MR) is 72.9 cm³/mol. The van der Waals surface area contributed by atoms with Crippen molar-refractivity contribution in [1.29, 1.82) is 0 Å². The van der Waals surface area contributed by atoms with Crippen LogP contribution in [-0.4, -0.2) is 21.9 Å². The fourth-order valence-electron chi connectivity index (χ4n) is 1.93. The molecular weight excluding hydrogens is 242 g/mol. The number of hydrogen-bond acceptors (Lipinski definition) is 4. The molecule has 0 amide bonds. The maximum Gasteiger partial charge on any atom is 0.161 e. The highest BCUT2D eigenvalue weighted by atomic mass is 16.3. The number of benzene rings is 2. The number of aliphatic hydroxyl groups is 1. The van der Waals surface area contributed by atoms with E-state index in [1.807, 2.05) is 30.3 Å². The molecule has 0 heterocycles. The molecule has 2 aromatic carbocycles. The quantitative estimate of drug-likeness (QED) is 0.619. The van der Waals surface area contributed by atoms with Gasteiger partial charge < -0.3 is 20.6 Å². The van der Waals surface area contributed by atoms with Crippen molar-refractivity contribution in [2.24, 2.45) is 0 Å². The summed E-state index contributed by atoms with van der Waals surface area (Å²) >= 11 is 0. The van der Waals surface area contributed by atoms with Gasteiger partial charge in [-0.2, -0.15) is 0 Å². The third kappa shape index (κ3) is 3.24. The molecule has 0 spiro atoms. The second-order valence-electron chi connectivity index (χ2n) is 4.31. The Balaban J connectivity index is 2.06. The molecule has 0 saturated carbocycles. The zero-order valence-electron chi connectivity index (χ0n) is 10.5. The monoisotopic (exact) mass is 259 g/mol. The first-order valence-electron chi connectivity index (χ1n) is 6.11. The standard InChI is InChI=1S/C15H17NO3/c17-10-13(11-5-2-1-3-6-11)16-9-12-7-4-8-14(18)15(12)19/h1-8,13,16-19H,9-10H2. The van der Waals surface area contributed by atoms with Gasteiger partial charge in [-0.3, -0.25) is 0 Å². The number of hydrogen-bond donors (Lipinski definition) is 4. The van der Waals surface area contributed by atoms with Crippen LogP contribution in [0.15, 0.2) is 48.5 Å². The highest BCUT2D eigenvalue weighted by Crippen LogP contribution is 2.28. The second-order valence-corrected chi connectivity index (χ2v) is 4.31. The zero-order valence-corrected chi connectivity index (χ0v) is 10.5. The number of phenolic OH excluding ortho intramolecular Hbond substituents is 2. The van der Waals surface area contributed by atoms with Crippen molar-refractivity contribution in [1.82, 2.24) is 5.32 Å². The van der Waals surface area contributed by atoms with Crippen molar-refractivity contribution in [2.45, 2.75) is 12.6 Å². The van der Waals surface area contributed by atoms with Crippen LogP contribution in [-0.2, 0) is 6.54 Å². The Kier molecular flexibility index (Phi) is 4.39. The van der Waals surface area contributed by atoms with E-state index in [-0.39, 0.29) is 24.1 Å². The van der Waals surface area contributed by atoms with E-state index in [0.29, 0.717) is 12.1 Å². The van der Waals surface area contributed by atoms with Gasteiger partial charge in [0, 0.05) is 12.1 Å². The molecule has 0 aliphatic carbocycles. The van der Waals surface area contributed by atoms with Crippen LogP contribution in [0.1, 0.15) is 17.2 Å². The first-order valence-corrected chi connectivity index (χ1v) is 6.11. The molecule has 0 bridgehead atoms. The van der Waals surface area contributed by atoms with Crippen LogP contribution >= 0.6 is 0 Å². The summed E-state index contributed by atoms with van der Waals surface area (Å²) in [6.45, 7) is 0.323. The minimum atomic E-state index is -0.206. The summed E-state index contributed by atoms with van der Waals surface area (Å²) in [5, 5.41) is 31.7. The summed E-state index contributed by atoms with van der Waals surface area (Å²) in [6, 6.07) is 14.2. The summed E-state index contributed by atoms with van der Waals surface area (Å²) in [7, 11) is 0. The van der Waals surface area contributed by atoms with Crippen LogP contribution in [0.3, 0.4) is 0 Å². The van der Waals surface area contributed by atoms with E-state index in [2.05, 4.69) is 5.32 Å². The number of nitrogens with one attached hydrogen (secondary N) is 1. The summed E-state index contributed by atoms with van der Waals surface area (Å²) in [5.41, 5.74) is 1.57. The summed E-state index contributed by atoms with van der Waals surface area (Å²) in [6.07, 6.45) is 0. The van der Waals surface area contributed by atoms with E-state index in [1.54, 1.807) is 12.1 Å². The Morgan fingerprint density at radius 3 is 2.37 bits per heavy atom. The Morgan fingerprint density at radius 1 is 0.947 bits per heavy atom. The lowest BCUT2D eigenvalue weighted by atomic mass is 10.1. The van der Waals surface area contributed by atoms with E-state index < -0.39 is 0 Å². The molecule has 4 nitrogen and oxygen atoms in total. The fourth-order valence-corrected chi connectivity index (χ4v) is 1.93. The van der Waals surface area contributed by atoms with Crippen LogP contribution < -0.4 is 5.32 Å². The molecule has 0 aromatic heterocycles. The maximum atomic E-state index is 9.70. The molecule has 0 saturated heterocycles. The van der Waals surface area contributed by atoms with Gasteiger partial charge in [0.1, 0.15) is 0 Å². The molecule has 0 aliphatic rings. The number of rotatable bonds is 5. The summed E-state index contributed by atoms with van der Waals surface area (Å²) in [5.74, 6) is -0.265. The Morgan fingerprint density at radius 2 is 1.68 bits per heavy atom. The minimum absolute atomic E-state index is 0.0381. The van der Waals surface area contributed by atoms with E-state index >= 15 is 0 Å². The van der Waals surface area contributed by atoms with Crippen molar-refractivity contribution >= 4 is 0 Å². The molecule has 1 unspecified atom stereocenters. The summed E-state index contributed by atoms with van der Waals surface area (Å²) in [4.78, 5) is 0. The van der Waals surface area contributed by atoms with Gasteiger partial charge in [-0.15, -0.1) is 0 Å². The molecule has 4 N–H and O–H groups in total.